The molecule has 0 aliphatic carbocycles. The van der Waals surface area contributed by atoms with Crippen LogP contribution in [0.2, 0.25) is 0 Å². The second kappa shape index (κ2) is 8.15. The zero-order valence-corrected chi connectivity index (χ0v) is 15.8. The standard InChI is InChI=1S/C25H20FNO2/c26-21-10-12-22(13-11-21)27-17-20(9-6-18-4-2-1-3-5-18)23-16-19(7-14-24(23)27)8-15-25(28)29/h1-7,9-14,16-17H,8,15H2,(H,28,29). The van der Waals surface area contributed by atoms with Gasteiger partial charge in [0.15, 0.2) is 0 Å². The number of carboxylic acid groups (broad SMARTS) is 1. The van der Waals surface area contributed by atoms with Gasteiger partial charge in [0, 0.05) is 29.3 Å². The number of benzene rings is 3. The Kier molecular flexibility index (Phi) is 5.25. The number of hydrogen-bond acceptors (Lipinski definition) is 1. The average molecular weight is 385 g/mol. The molecule has 0 radical (unpaired) electrons. The lowest BCUT2D eigenvalue weighted by Crippen LogP contribution is -1.97. The SMILES string of the molecule is O=C(O)CCc1ccc2c(c1)c(C=Cc1ccccc1)cn2-c1ccc(F)cc1. The highest BCUT2D eigenvalue weighted by Gasteiger charge is 2.10. The van der Waals surface area contributed by atoms with E-state index < -0.39 is 5.97 Å². The minimum Gasteiger partial charge on any atom is -0.481 e. The quantitative estimate of drug-likeness (QED) is 0.445. The first kappa shape index (κ1) is 18.7. The van der Waals surface area contributed by atoms with Crippen LogP contribution < -0.4 is 0 Å². The Hall–Kier alpha value is -3.66. The molecule has 0 unspecified atom stereocenters. The molecule has 0 atom stereocenters. The molecule has 3 aromatic carbocycles. The fraction of sp³-hybridized carbons (Fsp3) is 0.0800. The van der Waals surface area contributed by atoms with Gasteiger partial charge in [-0.1, -0.05) is 48.6 Å². The molecule has 0 aliphatic heterocycles. The van der Waals surface area contributed by atoms with Crippen LogP contribution in [0.4, 0.5) is 4.39 Å². The maximum atomic E-state index is 13.4. The monoisotopic (exact) mass is 385 g/mol. The molecule has 1 aromatic heterocycles. The highest BCUT2D eigenvalue weighted by molar-refractivity contribution is 5.93. The summed E-state index contributed by atoms with van der Waals surface area (Å²) in [5, 5.41) is 10.0. The van der Waals surface area contributed by atoms with Gasteiger partial charge >= 0.3 is 5.97 Å². The molecule has 0 saturated heterocycles. The molecule has 0 amide bonds. The number of halogens is 1. The predicted octanol–water partition coefficient (Wildman–Crippen LogP) is 5.96. The Morgan fingerprint density at radius 1 is 0.966 bits per heavy atom. The van der Waals surface area contributed by atoms with Crippen molar-refractivity contribution >= 4 is 29.0 Å². The molecule has 0 saturated carbocycles. The Balaban J connectivity index is 1.80. The Bertz CT molecular complexity index is 1170. The van der Waals surface area contributed by atoms with E-state index in [0.29, 0.717) is 6.42 Å². The molecular weight excluding hydrogens is 365 g/mol. The number of carbonyl (C=O) groups is 1. The molecule has 0 bridgehead atoms. The van der Waals surface area contributed by atoms with Crippen molar-refractivity contribution in [1.82, 2.24) is 4.57 Å². The van der Waals surface area contributed by atoms with E-state index in [1.807, 2.05) is 65.4 Å². The molecule has 1 heterocycles. The van der Waals surface area contributed by atoms with Gasteiger partial charge in [0.1, 0.15) is 5.82 Å². The molecule has 144 valence electrons. The maximum Gasteiger partial charge on any atom is 0.303 e. The summed E-state index contributed by atoms with van der Waals surface area (Å²) in [6, 6.07) is 22.4. The number of fused-ring (bicyclic) bond motifs is 1. The Morgan fingerprint density at radius 2 is 1.72 bits per heavy atom. The minimum absolute atomic E-state index is 0.0966. The normalized spacial score (nSPS) is 11.3. The lowest BCUT2D eigenvalue weighted by atomic mass is 10.0. The molecule has 0 spiro atoms. The second-order valence-electron chi connectivity index (χ2n) is 6.92. The molecular formula is C25H20FNO2. The van der Waals surface area contributed by atoms with Gasteiger partial charge in [-0.3, -0.25) is 4.79 Å². The first-order chi connectivity index (χ1) is 14.1. The van der Waals surface area contributed by atoms with Gasteiger partial charge in [-0.2, -0.15) is 0 Å². The van der Waals surface area contributed by atoms with Crippen LogP contribution in [0.1, 0.15) is 23.1 Å². The average Bonchev–Trinajstić information content (AvgIpc) is 3.10. The minimum atomic E-state index is -0.807. The van der Waals surface area contributed by atoms with Gasteiger partial charge in [-0.25, -0.2) is 4.39 Å². The van der Waals surface area contributed by atoms with Crippen LogP contribution in [0.15, 0.2) is 79.0 Å². The van der Waals surface area contributed by atoms with E-state index >= 15 is 0 Å². The number of nitrogens with zero attached hydrogens (tertiary/aromatic N) is 1. The summed E-state index contributed by atoms with van der Waals surface area (Å²) < 4.78 is 15.4. The fourth-order valence-electron chi connectivity index (χ4n) is 3.41. The van der Waals surface area contributed by atoms with Gasteiger partial charge in [0.25, 0.3) is 0 Å². The third-order valence-electron chi connectivity index (χ3n) is 4.89. The van der Waals surface area contributed by atoms with Gasteiger partial charge in [-0.15, -0.1) is 0 Å². The third-order valence-corrected chi connectivity index (χ3v) is 4.89. The van der Waals surface area contributed by atoms with Crippen LogP contribution in [-0.4, -0.2) is 15.6 Å². The van der Waals surface area contributed by atoms with Crippen LogP contribution in [0.3, 0.4) is 0 Å². The molecule has 0 aliphatic rings. The van der Waals surface area contributed by atoms with Crippen molar-refractivity contribution in [2.24, 2.45) is 0 Å². The predicted molar refractivity (Wildman–Crippen MR) is 115 cm³/mol. The highest BCUT2D eigenvalue weighted by atomic mass is 19.1. The number of rotatable bonds is 6. The molecule has 1 N–H and O–H groups in total. The van der Waals surface area contributed by atoms with E-state index in [1.165, 1.54) is 12.1 Å². The molecule has 3 nitrogen and oxygen atoms in total. The zero-order valence-electron chi connectivity index (χ0n) is 15.8. The fourth-order valence-corrected chi connectivity index (χ4v) is 3.41. The highest BCUT2D eigenvalue weighted by Crippen LogP contribution is 2.28. The summed E-state index contributed by atoms with van der Waals surface area (Å²) in [4.78, 5) is 10.9. The van der Waals surface area contributed by atoms with Gasteiger partial charge in [-0.05, 0) is 53.9 Å². The van der Waals surface area contributed by atoms with E-state index in [0.717, 1.165) is 33.3 Å². The smallest absolute Gasteiger partial charge is 0.303 e. The van der Waals surface area contributed by atoms with Crippen molar-refractivity contribution in [3.63, 3.8) is 0 Å². The zero-order chi connectivity index (χ0) is 20.2. The molecule has 4 rings (SSSR count). The number of aryl methyl sites for hydroxylation is 1. The van der Waals surface area contributed by atoms with Crippen molar-refractivity contribution in [3.05, 3.63) is 102 Å². The Morgan fingerprint density at radius 3 is 2.45 bits per heavy atom. The van der Waals surface area contributed by atoms with E-state index in [9.17, 15) is 9.18 Å². The summed E-state index contributed by atoms with van der Waals surface area (Å²) in [5.74, 6) is -1.08. The molecule has 0 fully saturated rings. The van der Waals surface area contributed by atoms with Crippen molar-refractivity contribution in [3.8, 4) is 5.69 Å². The Labute approximate surface area is 168 Å². The summed E-state index contributed by atoms with van der Waals surface area (Å²) in [6.45, 7) is 0. The van der Waals surface area contributed by atoms with E-state index in [-0.39, 0.29) is 12.2 Å². The first-order valence-corrected chi connectivity index (χ1v) is 9.45. The second-order valence-corrected chi connectivity index (χ2v) is 6.92. The van der Waals surface area contributed by atoms with E-state index in [2.05, 4.69) is 6.08 Å². The summed E-state index contributed by atoms with van der Waals surface area (Å²) in [7, 11) is 0. The van der Waals surface area contributed by atoms with Crippen LogP contribution >= 0.6 is 0 Å². The topological polar surface area (TPSA) is 42.2 Å². The lowest BCUT2D eigenvalue weighted by molar-refractivity contribution is -0.136. The van der Waals surface area contributed by atoms with Gasteiger partial charge in [0.05, 0.1) is 5.52 Å². The van der Waals surface area contributed by atoms with Crippen molar-refractivity contribution in [1.29, 1.82) is 0 Å². The van der Waals surface area contributed by atoms with E-state index in [1.54, 1.807) is 12.1 Å². The van der Waals surface area contributed by atoms with Crippen molar-refractivity contribution < 1.29 is 14.3 Å². The largest absolute Gasteiger partial charge is 0.481 e. The maximum absolute atomic E-state index is 13.4. The van der Waals surface area contributed by atoms with Crippen LogP contribution in [0, 0.1) is 5.82 Å². The third kappa shape index (κ3) is 4.27. The van der Waals surface area contributed by atoms with E-state index in [4.69, 9.17) is 5.11 Å². The van der Waals surface area contributed by atoms with Crippen molar-refractivity contribution in [2.45, 2.75) is 12.8 Å². The van der Waals surface area contributed by atoms with Gasteiger partial charge < -0.3 is 9.67 Å². The summed E-state index contributed by atoms with van der Waals surface area (Å²) >= 11 is 0. The number of aromatic nitrogens is 1. The molecule has 4 heteroatoms. The number of hydrogen-bond donors (Lipinski definition) is 1. The van der Waals surface area contributed by atoms with Crippen LogP contribution in [-0.2, 0) is 11.2 Å². The van der Waals surface area contributed by atoms with Crippen LogP contribution in [0.5, 0.6) is 0 Å². The van der Waals surface area contributed by atoms with Gasteiger partial charge in [0.2, 0.25) is 0 Å². The molecule has 29 heavy (non-hydrogen) atoms. The molecule has 4 aromatic rings. The first-order valence-electron chi connectivity index (χ1n) is 9.45. The summed E-state index contributed by atoms with van der Waals surface area (Å²) in [5.41, 5.74) is 4.95. The number of carboxylic acids is 1. The lowest BCUT2D eigenvalue weighted by Gasteiger charge is -2.06. The number of aliphatic carboxylic acids is 1. The van der Waals surface area contributed by atoms with Crippen molar-refractivity contribution in [2.75, 3.05) is 0 Å². The summed E-state index contributed by atoms with van der Waals surface area (Å²) in [6.07, 6.45) is 6.71. The van der Waals surface area contributed by atoms with Crippen LogP contribution in [0.25, 0.3) is 28.7 Å².